The average molecular weight is 495 g/mol. The van der Waals surface area contributed by atoms with Crippen LogP contribution in [0.25, 0.3) is 10.9 Å². The number of H-pyrrole nitrogens is 1. The maximum atomic E-state index is 13.2. The van der Waals surface area contributed by atoms with Gasteiger partial charge in [0, 0.05) is 29.6 Å². The van der Waals surface area contributed by atoms with E-state index in [1.54, 1.807) is 18.4 Å². The van der Waals surface area contributed by atoms with Gasteiger partial charge in [0.2, 0.25) is 0 Å². The van der Waals surface area contributed by atoms with Gasteiger partial charge in [0.25, 0.3) is 5.56 Å². The minimum Gasteiger partial charge on any atom is -0.497 e. The number of tetrazole rings is 1. The summed E-state index contributed by atoms with van der Waals surface area (Å²) in [4.78, 5) is 19.7. The van der Waals surface area contributed by atoms with Crippen LogP contribution >= 0.6 is 11.3 Å². The fourth-order valence-electron chi connectivity index (χ4n) is 4.39. The Morgan fingerprint density at radius 1 is 1.20 bits per heavy atom. The van der Waals surface area contributed by atoms with Crippen LogP contribution in [0.3, 0.4) is 0 Å². The van der Waals surface area contributed by atoms with Crippen LogP contribution in [0.1, 0.15) is 63.3 Å². The number of benzene rings is 1. The Hall–Kier alpha value is -3.04. The molecular formula is C26H34N6O2S. The number of aromatic amines is 1. The second kappa shape index (κ2) is 10.3. The molecule has 1 N–H and O–H groups in total. The summed E-state index contributed by atoms with van der Waals surface area (Å²) in [6, 6.07) is 11.8. The monoisotopic (exact) mass is 494 g/mol. The molecule has 0 bridgehead atoms. The number of aromatic nitrogens is 5. The fraction of sp³-hybridized carbons (Fsp3) is 0.462. The molecule has 0 aliphatic carbocycles. The van der Waals surface area contributed by atoms with Crippen molar-refractivity contribution in [1.29, 1.82) is 0 Å². The van der Waals surface area contributed by atoms with Gasteiger partial charge in [-0.05, 0) is 71.6 Å². The molecule has 3 aromatic heterocycles. The highest BCUT2D eigenvalue weighted by Gasteiger charge is 2.34. The molecule has 35 heavy (non-hydrogen) atoms. The first kappa shape index (κ1) is 25.1. The van der Waals surface area contributed by atoms with E-state index in [0.29, 0.717) is 24.4 Å². The number of hydrogen-bond acceptors (Lipinski definition) is 7. The van der Waals surface area contributed by atoms with Gasteiger partial charge in [0.15, 0.2) is 5.82 Å². The third-order valence-corrected chi connectivity index (χ3v) is 7.53. The lowest BCUT2D eigenvalue weighted by atomic mass is 9.97. The van der Waals surface area contributed by atoms with E-state index < -0.39 is 0 Å². The van der Waals surface area contributed by atoms with Gasteiger partial charge in [-0.15, -0.1) is 16.4 Å². The molecule has 1 atom stereocenters. The van der Waals surface area contributed by atoms with Crippen molar-refractivity contribution < 1.29 is 4.74 Å². The van der Waals surface area contributed by atoms with Gasteiger partial charge in [-0.1, -0.05) is 26.8 Å². The first-order valence-electron chi connectivity index (χ1n) is 12.0. The molecule has 1 aromatic carbocycles. The highest BCUT2D eigenvalue weighted by molar-refractivity contribution is 7.09. The van der Waals surface area contributed by atoms with Gasteiger partial charge in [-0.25, -0.2) is 4.68 Å². The molecule has 0 spiro atoms. The Labute approximate surface area is 209 Å². The van der Waals surface area contributed by atoms with Gasteiger partial charge >= 0.3 is 0 Å². The Bertz CT molecular complexity index is 1330. The smallest absolute Gasteiger partial charge is 0.252 e. The number of fused-ring (bicyclic) bond motifs is 1. The van der Waals surface area contributed by atoms with Crippen LogP contribution in [0.2, 0.25) is 0 Å². The largest absolute Gasteiger partial charge is 0.497 e. The molecule has 0 aliphatic heterocycles. The minimum atomic E-state index is -0.222. The summed E-state index contributed by atoms with van der Waals surface area (Å²) in [5.41, 5.74) is 1.15. The standard InChI is InChI=1S/C26H34N6O2S/c1-7-26(4,5)32-24(28-29-30-32)23(17(2)3)31(16-21-9-8-12-35-21)15-19-13-18-10-11-20(34-6)14-22(18)27-25(19)33/h8-14,17,23H,7,15-16H2,1-6H3,(H,27,33)/t23-/m0/s1. The second-order valence-corrected chi connectivity index (χ2v) is 10.9. The fourth-order valence-corrected chi connectivity index (χ4v) is 5.12. The third-order valence-electron chi connectivity index (χ3n) is 6.66. The molecule has 3 heterocycles. The molecule has 0 unspecified atom stereocenters. The summed E-state index contributed by atoms with van der Waals surface area (Å²) in [7, 11) is 1.62. The molecule has 0 radical (unpaired) electrons. The van der Waals surface area contributed by atoms with Crippen LogP contribution in [-0.2, 0) is 18.6 Å². The van der Waals surface area contributed by atoms with Crippen molar-refractivity contribution in [3.63, 3.8) is 0 Å². The van der Waals surface area contributed by atoms with Crippen molar-refractivity contribution in [3.8, 4) is 5.75 Å². The SMILES string of the molecule is CCC(C)(C)n1nnnc1[C@H](C(C)C)N(Cc1cccs1)Cc1cc2ccc(OC)cc2[nH]c1=O. The van der Waals surface area contributed by atoms with Gasteiger partial charge in [-0.3, -0.25) is 9.69 Å². The molecule has 4 aromatic rings. The number of hydrogen-bond donors (Lipinski definition) is 1. The quantitative estimate of drug-likeness (QED) is 0.329. The molecule has 0 fully saturated rings. The van der Waals surface area contributed by atoms with Crippen molar-refractivity contribution in [2.75, 3.05) is 7.11 Å². The number of rotatable bonds is 10. The lowest BCUT2D eigenvalue weighted by Gasteiger charge is -2.35. The predicted molar refractivity (Wildman–Crippen MR) is 140 cm³/mol. The Kier molecular flexibility index (Phi) is 7.37. The highest BCUT2D eigenvalue weighted by atomic mass is 32.1. The molecule has 0 saturated carbocycles. The molecule has 8 nitrogen and oxygen atoms in total. The van der Waals surface area contributed by atoms with E-state index in [1.807, 2.05) is 28.9 Å². The number of nitrogens with one attached hydrogen (secondary N) is 1. The van der Waals surface area contributed by atoms with Crippen LogP contribution in [0, 0.1) is 5.92 Å². The topological polar surface area (TPSA) is 88.9 Å². The van der Waals surface area contributed by atoms with Crippen LogP contribution in [0.15, 0.2) is 46.6 Å². The molecule has 4 rings (SSSR count). The number of pyridine rings is 1. The van der Waals surface area contributed by atoms with Crippen molar-refractivity contribution in [3.05, 3.63) is 68.4 Å². The van der Waals surface area contributed by atoms with E-state index in [4.69, 9.17) is 4.74 Å². The van der Waals surface area contributed by atoms with Gasteiger partial charge in [0.05, 0.1) is 24.2 Å². The normalized spacial score (nSPS) is 13.1. The van der Waals surface area contributed by atoms with Crippen LogP contribution < -0.4 is 10.3 Å². The number of ether oxygens (including phenoxy) is 1. The lowest BCUT2D eigenvalue weighted by Crippen LogP contribution is -2.38. The maximum Gasteiger partial charge on any atom is 0.252 e. The lowest BCUT2D eigenvalue weighted by molar-refractivity contribution is 0.119. The zero-order valence-corrected chi connectivity index (χ0v) is 22.1. The van der Waals surface area contributed by atoms with Crippen LogP contribution in [0.5, 0.6) is 5.75 Å². The van der Waals surface area contributed by atoms with E-state index in [9.17, 15) is 4.79 Å². The molecule has 186 valence electrons. The molecule has 9 heteroatoms. The zero-order valence-electron chi connectivity index (χ0n) is 21.3. The van der Waals surface area contributed by atoms with Crippen molar-refractivity contribution >= 4 is 22.2 Å². The summed E-state index contributed by atoms with van der Waals surface area (Å²) < 4.78 is 7.27. The summed E-state index contributed by atoms with van der Waals surface area (Å²) in [6.07, 6.45) is 0.897. The molecule has 0 amide bonds. The van der Waals surface area contributed by atoms with E-state index in [-0.39, 0.29) is 23.1 Å². The van der Waals surface area contributed by atoms with Crippen molar-refractivity contribution in [2.45, 2.75) is 65.7 Å². The number of nitrogens with zero attached hydrogens (tertiary/aromatic N) is 5. The third kappa shape index (κ3) is 5.31. The van der Waals surface area contributed by atoms with Crippen molar-refractivity contribution in [1.82, 2.24) is 30.1 Å². The predicted octanol–water partition coefficient (Wildman–Crippen LogP) is 5.13. The Morgan fingerprint density at radius 2 is 2.00 bits per heavy atom. The first-order chi connectivity index (χ1) is 16.7. The van der Waals surface area contributed by atoms with Gasteiger partial charge < -0.3 is 9.72 Å². The summed E-state index contributed by atoms with van der Waals surface area (Å²) in [5, 5.41) is 16.0. The van der Waals surface area contributed by atoms with E-state index in [1.165, 1.54) is 4.88 Å². The first-order valence-corrected chi connectivity index (χ1v) is 12.9. The van der Waals surface area contributed by atoms with Crippen molar-refractivity contribution in [2.24, 2.45) is 5.92 Å². The molecule has 0 saturated heterocycles. The van der Waals surface area contributed by atoms with E-state index >= 15 is 0 Å². The van der Waals surface area contributed by atoms with E-state index in [2.05, 4.69) is 77.5 Å². The van der Waals surface area contributed by atoms with Gasteiger partial charge in [-0.2, -0.15) is 0 Å². The number of methoxy groups -OCH3 is 1. The summed E-state index contributed by atoms with van der Waals surface area (Å²) in [6.45, 7) is 12.0. The van der Waals surface area contributed by atoms with E-state index in [0.717, 1.165) is 23.1 Å². The van der Waals surface area contributed by atoms with Gasteiger partial charge in [0.1, 0.15) is 5.75 Å². The average Bonchev–Trinajstić information content (AvgIpc) is 3.52. The Morgan fingerprint density at radius 3 is 2.66 bits per heavy atom. The molecule has 0 aliphatic rings. The molecular weight excluding hydrogens is 460 g/mol. The van der Waals surface area contributed by atoms with Crippen LogP contribution in [-0.4, -0.2) is 37.2 Å². The highest BCUT2D eigenvalue weighted by Crippen LogP contribution is 2.33. The summed E-state index contributed by atoms with van der Waals surface area (Å²) >= 11 is 1.71. The Balaban J connectivity index is 1.78. The zero-order chi connectivity index (χ0) is 25.2. The number of thiophene rings is 1. The second-order valence-electron chi connectivity index (χ2n) is 9.86. The minimum absolute atomic E-state index is 0.0797. The maximum absolute atomic E-state index is 13.2. The van der Waals surface area contributed by atoms with Crippen LogP contribution in [0.4, 0.5) is 0 Å². The summed E-state index contributed by atoms with van der Waals surface area (Å²) in [5.74, 6) is 1.76.